The Hall–Kier alpha value is -3.96. The number of nitrogens with one attached hydrogen (secondary N) is 1. The number of fused-ring (bicyclic) bond motifs is 2. The summed E-state index contributed by atoms with van der Waals surface area (Å²) in [6, 6.07) is 1.82. The van der Waals surface area contributed by atoms with E-state index in [-0.39, 0.29) is 5.91 Å². The molecule has 2 aliphatic rings. The highest BCUT2D eigenvalue weighted by molar-refractivity contribution is 5.81. The van der Waals surface area contributed by atoms with E-state index in [0.717, 1.165) is 37.7 Å². The van der Waals surface area contributed by atoms with Crippen LogP contribution in [0.1, 0.15) is 32.5 Å². The van der Waals surface area contributed by atoms with Gasteiger partial charge >= 0.3 is 24.3 Å². The van der Waals surface area contributed by atoms with Crippen LogP contribution in [0.4, 0.5) is 32.3 Å². The molecule has 0 bridgehead atoms. The van der Waals surface area contributed by atoms with E-state index < -0.39 is 36.0 Å². The van der Waals surface area contributed by atoms with E-state index in [1.807, 2.05) is 12.3 Å². The zero-order chi connectivity index (χ0) is 31.0. The maximum atomic E-state index is 12.6. The predicted octanol–water partition coefficient (Wildman–Crippen LogP) is 2.61. The Kier molecular flexibility index (Phi) is 11.0. The Morgan fingerprint density at radius 1 is 1.00 bits per heavy atom. The quantitative estimate of drug-likeness (QED) is 0.447. The van der Waals surface area contributed by atoms with Crippen molar-refractivity contribution in [2.75, 3.05) is 24.5 Å². The molecule has 0 aromatic carbocycles. The Morgan fingerprint density at radius 3 is 1.98 bits per heavy atom. The number of halogens is 6. The molecule has 0 saturated carbocycles. The van der Waals surface area contributed by atoms with Crippen LogP contribution in [0.15, 0.2) is 30.9 Å². The standard InChI is InChI=1S/C19H26N6O2.2C2HF3O2/c1-14(2)12-23-16(26)15-13-25-11-8-20-17(25)19(27-15)4-9-24(10-5-19)18-21-6-3-7-22-18;2*3-2(4,5)1(6)7/h3,6-8,11,14-15H,4-5,9-10,12-13H2,1-2H3,(H,23,26);2*(H,6,7). The van der Waals surface area contributed by atoms with Gasteiger partial charge in [0.15, 0.2) is 6.10 Å². The number of aliphatic carboxylic acids is 2. The van der Waals surface area contributed by atoms with Crippen molar-refractivity contribution in [1.82, 2.24) is 24.8 Å². The first-order valence-corrected chi connectivity index (χ1v) is 12.1. The second kappa shape index (κ2) is 13.6. The fraction of sp³-hybridized carbons (Fsp3) is 0.565. The fourth-order valence-electron chi connectivity index (χ4n) is 3.82. The van der Waals surface area contributed by atoms with Crippen LogP contribution in [0, 0.1) is 5.92 Å². The molecule has 4 rings (SSSR count). The number of piperidine rings is 1. The lowest BCUT2D eigenvalue weighted by molar-refractivity contribution is -0.193. The number of rotatable bonds is 4. The Morgan fingerprint density at radius 2 is 1.51 bits per heavy atom. The first kappa shape index (κ1) is 33.2. The molecule has 1 fully saturated rings. The SMILES string of the molecule is CC(C)CNC(=O)C1Cn2ccnc2C2(CCN(c3ncccn3)CC2)O1.O=C(O)C(F)(F)F.O=C(O)C(F)(F)F. The van der Waals surface area contributed by atoms with E-state index in [1.165, 1.54) is 0 Å². The highest BCUT2D eigenvalue weighted by atomic mass is 19.4. The third-order valence-electron chi connectivity index (χ3n) is 5.72. The third-order valence-corrected chi connectivity index (χ3v) is 5.72. The molecule has 1 amide bonds. The molecule has 2 aromatic rings. The predicted molar refractivity (Wildman–Crippen MR) is 127 cm³/mol. The molecule has 2 aromatic heterocycles. The van der Waals surface area contributed by atoms with E-state index in [0.29, 0.717) is 19.0 Å². The first-order chi connectivity index (χ1) is 19.0. The molecule has 1 spiro atoms. The minimum atomic E-state index is -5.08. The molecule has 3 N–H and O–H groups in total. The van der Waals surface area contributed by atoms with Gasteiger partial charge in [0, 0.05) is 57.3 Å². The van der Waals surface area contributed by atoms with Crippen molar-refractivity contribution < 1.29 is 55.7 Å². The van der Waals surface area contributed by atoms with Gasteiger partial charge in [-0.25, -0.2) is 24.5 Å². The van der Waals surface area contributed by atoms with Crippen molar-refractivity contribution in [3.8, 4) is 0 Å². The highest BCUT2D eigenvalue weighted by Gasteiger charge is 2.47. The van der Waals surface area contributed by atoms with Crippen LogP contribution in [-0.2, 0) is 31.3 Å². The summed E-state index contributed by atoms with van der Waals surface area (Å²) in [7, 11) is 0. The fourth-order valence-corrected chi connectivity index (χ4v) is 3.82. The van der Waals surface area contributed by atoms with Gasteiger partial charge in [-0.2, -0.15) is 26.3 Å². The molecular weight excluding hydrogens is 570 g/mol. The first-order valence-electron chi connectivity index (χ1n) is 12.1. The molecule has 41 heavy (non-hydrogen) atoms. The van der Waals surface area contributed by atoms with Crippen molar-refractivity contribution >= 4 is 23.8 Å². The molecular formula is C23H28F6N6O6. The number of ether oxygens (including phenoxy) is 1. The number of carboxylic acids is 2. The number of carbonyl (C=O) groups is 3. The summed E-state index contributed by atoms with van der Waals surface area (Å²) < 4.78 is 72.0. The number of carbonyl (C=O) groups excluding carboxylic acids is 1. The lowest BCUT2D eigenvalue weighted by atomic mass is 9.88. The topological polar surface area (TPSA) is 160 Å². The Bertz CT molecular complexity index is 1140. The summed E-state index contributed by atoms with van der Waals surface area (Å²) in [4.78, 5) is 45.8. The molecule has 0 radical (unpaired) electrons. The lowest BCUT2D eigenvalue weighted by Crippen LogP contribution is -2.54. The lowest BCUT2D eigenvalue weighted by Gasteiger charge is -2.45. The van der Waals surface area contributed by atoms with Crippen molar-refractivity contribution in [3.05, 3.63) is 36.7 Å². The summed E-state index contributed by atoms with van der Waals surface area (Å²) in [5, 5.41) is 17.3. The van der Waals surface area contributed by atoms with Gasteiger partial charge in [0.25, 0.3) is 5.91 Å². The van der Waals surface area contributed by atoms with E-state index in [1.54, 1.807) is 18.6 Å². The Balaban J connectivity index is 0.000000349. The zero-order valence-electron chi connectivity index (χ0n) is 21.8. The van der Waals surface area contributed by atoms with Crippen molar-refractivity contribution in [2.45, 2.75) is 57.3 Å². The van der Waals surface area contributed by atoms with E-state index in [9.17, 15) is 31.1 Å². The largest absolute Gasteiger partial charge is 0.490 e. The molecule has 0 aliphatic carbocycles. The van der Waals surface area contributed by atoms with Gasteiger partial charge in [0.05, 0.1) is 6.54 Å². The minimum absolute atomic E-state index is 0.0451. The molecule has 12 nitrogen and oxygen atoms in total. The Labute approximate surface area is 229 Å². The second-order valence-corrected chi connectivity index (χ2v) is 9.28. The average Bonchev–Trinajstić information content (AvgIpc) is 3.38. The molecule has 1 unspecified atom stereocenters. The smallest absolute Gasteiger partial charge is 0.475 e. The van der Waals surface area contributed by atoms with Crippen molar-refractivity contribution in [3.63, 3.8) is 0 Å². The van der Waals surface area contributed by atoms with Crippen LogP contribution in [0.2, 0.25) is 0 Å². The maximum Gasteiger partial charge on any atom is 0.490 e. The van der Waals surface area contributed by atoms with Gasteiger partial charge in [0.2, 0.25) is 5.95 Å². The van der Waals surface area contributed by atoms with Crippen LogP contribution >= 0.6 is 0 Å². The molecule has 18 heteroatoms. The molecule has 2 aliphatic heterocycles. The van der Waals surface area contributed by atoms with Gasteiger partial charge in [-0.1, -0.05) is 13.8 Å². The van der Waals surface area contributed by atoms with Crippen LogP contribution in [-0.4, -0.2) is 85.7 Å². The third kappa shape index (κ3) is 9.58. The van der Waals surface area contributed by atoms with Gasteiger partial charge in [-0.05, 0) is 12.0 Å². The zero-order valence-corrected chi connectivity index (χ0v) is 21.8. The van der Waals surface area contributed by atoms with E-state index >= 15 is 0 Å². The monoisotopic (exact) mass is 598 g/mol. The van der Waals surface area contributed by atoms with Crippen LogP contribution in [0.3, 0.4) is 0 Å². The minimum Gasteiger partial charge on any atom is -0.475 e. The number of aromatic nitrogens is 4. The normalized spacial score (nSPS) is 17.9. The number of hydrogen-bond donors (Lipinski definition) is 3. The number of hydrogen-bond acceptors (Lipinski definition) is 8. The molecule has 1 saturated heterocycles. The van der Waals surface area contributed by atoms with Gasteiger partial charge in [-0.15, -0.1) is 0 Å². The van der Waals surface area contributed by atoms with Crippen LogP contribution in [0.5, 0.6) is 0 Å². The van der Waals surface area contributed by atoms with Gasteiger partial charge in [0.1, 0.15) is 11.4 Å². The van der Waals surface area contributed by atoms with Crippen LogP contribution < -0.4 is 10.2 Å². The number of alkyl halides is 6. The van der Waals surface area contributed by atoms with E-state index in [2.05, 4.69) is 43.6 Å². The summed E-state index contributed by atoms with van der Waals surface area (Å²) >= 11 is 0. The van der Waals surface area contributed by atoms with Gasteiger partial charge < -0.3 is 29.7 Å². The maximum absolute atomic E-state index is 12.6. The highest BCUT2D eigenvalue weighted by Crippen LogP contribution is 2.40. The molecule has 4 heterocycles. The molecule has 1 atom stereocenters. The summed E-state index contributed by atoms with van der Waals surface area (Å²) in [6.07, 6.45) is -1.93. The van der Waals surface area contributed by atoms with Crippen LogP contribution in [0.25, 0.3) is 0 Å². The second-order valence-electron chi connectivity index (χ2n) is 9.28. The molecule has 228 valence electrons. The van der Waals surface area contributed by atoms with Crippen molar-refractivity contribution in [1.29, 1.82) is 0 Å². The van der Waals surface area contributed by atoms with Crippen molar-refractivity contribution in [2.24, 2.45) is 5.92 Å². The average molecular weight is 599 g/mol. The summed E-state index contributed by atoms with van der Waals surface area (Å²) in [5.74, 6) is -3.50. The number of carboxylic acid groups (broad SMARTS) is 2. The summed E-state index contributed by atoms with van der Waals surface area (Å²) in [6.45, 7) is 6.85. The summed E-state index contributed by atoms with van der Waals surface area (Å²) in [5.41, 5.74) is -0.535. The number of anilines is 1. The number of amides is 1. The van der Waals surface area contributed by atoms with Gasteiger partial charge in [-0.3, -0.25) is 4.79 Å². The van der Waals surface area contributed by atoms with E-state index in [4.69, 9.17) is 24.5 Å². The number of imidazole rings is 1. The number of nitrogens with zero attached hydrogens (tertiary/aromatic N) is 5.